The van der Waals surface area contributed by atoms with Crippen LogP contribution in [0.1, 0.15) is 30.9 Å². The van der Waals surface area contributed by atoms with Gasteiger partial charge in [-0.2, -0.15) is 0 Å². The zero-order valence-corrected chi connectivity index (χ0v) is 16.9. The second-order valence-corrected chi connectivity index (χ2v) is 10.4. The molecule has 1 aliphatic heterocycles. The number of rotatable bonds is 7. The van der Waals surface area contributed by atoms with Gasteiger partial charge < -0.3 is 0 Å². The molecule has 2 aromatic carbocycles. The van der Waals surface area contributed by atoms with Gasteiger partial charge in [0.15, 0.2) is 0 Å². The molecule has 2 aromatic rings. The average Bonchev–Trinajstić information content (AvgIpc) is 2.61. The highest BCUT2D eigenvalue weighted by atomic mass is 32.2. The molecule has 0 saturated heterocycles. The molecule has 0 bridgehead atoms. The van der Waals surface area contributed by atoms with Gasteiger partial charge in [0, 0.05) is 12.2 Å². The first kappa shape index (κ1) is 19.7. The second-order valence-electron chi connectivity index (χ2n) is 6.68. The van der Waals surface area contributed by atoms with Crippen LogP contribution in [0, 0.1) is 0 Å². The molecular formula is C19H24N2O4S2. The second kappa shape index (κ2) is 7.90. The highest BCUT2D eigenvalue weighted by molar-refractivity contribution is 7.92. The summed E-state index contributed by atoms with van der Waals surface area (Å²) in [6.45, 7) is 2.31. The van der Waals surface area contributed by atoms with Crippen molar-refractivity contribution in [1.82, 2.24) is 0 Å². The van der Waals surface area contributed by atoms with E-state index in [2.05, 4.69) is 4.72 Å². The standard InChI is InChI=1S/C19H24N2O4S2/c1-2-13-27(24,25)21-12-6-9-17-14-18(10-11-19(17)21)20-26(22,23)15-16-7-4-3-5-8-16/h3-5,7-8,10-11,14,20H,2,6,9,12-13,15H2,1H3. The van der Waals surface area contributed by atoms with Crippen molar-refractivity contribution < 1.29 is 16.8 Å². The number of fused-ring (bicyclic) bond motifs is 1. The van der Waals surface area contributed by atoms with E-state index in [1.165, 1.54) is 4.31 Å². The lowest BCUT2D eigenvalue weighted by Gasteiger charge is -2.30. The molecule has 0 unspecified atom stereocenters. The number of sulfonamides is 2. The molecule has 6 nitrogen and oxygen atoms in total. The van der Waals surface area contributed by atoms with E-state index < -0.39 is 20.0 Å². The van der Waals surface area contributed by atoms with Gasteiger partial charge in [-0.05, 0) is 48.6 Å². The van der Waals surface area contributed by atoms with Gasteiger partial charge in [-0.1, -0.05) is 37.3 Å². The molecule has 0 amide bonds. The van der Waals surface area contributed by atoms with E-state index >= 15 is 0 Å². The Hall–Kier alpha value is -2.06. The van der Waals surface area contributed by atoms with Gasteiger partial charge in [-0.25, -0.2) is 16.8 Å². The Morgan fingerprint density at radius 1 is 1.04 bits per heavy atom. The summed E-state index contributed by atoms with van der Waals surface area (Å²) in [7, 11) is -6.89. The number of anilines is 2. The highest BCUT2D eigenvalue weighted by Gasteiger charge is 2.27. The van der Waals surface area contributed by atoms with Crippen LogP contribution in [-0.2, 0) is 32.2 Å². The molecule has 0 radical (unpaired) electrons. The zero-order valence-electron chi connectivity index (χ0n) is 15.3. The minimum Gasteiger partial charge on any atom is -0.283 e. The molecule has 0 saturated carbocycles. The van der Waals surface area contributed by atoms with Gasteiger partial charge in [0.05, 0.1) is 17.2 Å². The number of benzene rings is 2. The molecule has 0 fully saturated rings. The Bertz CT molecular complexity index is 1000. The first-order chi connectivity index (χ1) is 12.8. The number of nitrogens with one attached hydrogen (secondary N) is 1. The highest BCUT2D eigenvalue weighted by Crippen LogP contribution is 2.32. The predicted octanol–water partition coefficient (Wildman–Crippen LogP) is 3.12. The molecule has 1 N–H and O–H groups in total. The fourth-order valence-corrected chi connectivity index (χ4v) is 6.10. The van der Waals surface area contributed by atoms with Crippen molar-refractivity contribution in [1.29, 1.82) is 0 Å². The topological polar surface area (TPSA) is 83.6 Å². The fourth-order valence-electron chi connectivity index (χ4n) is 3.29. The smallest absolute Gasteiger partial charge is 0.236 e. The van der Waals surface area contributed by atoms with Crippen molar-refractivity contribution in [3.8, 4) is 0 Å². The molecule has 1 heterocycles. The summed E-state index contributed by atoms with van der Waals surface area (Å²) < 4.78 is 53.9. The molecule has 1 aliphatic rings. The van der Waals surface area contributed by atoms with Gasteiger partial charge in [0.1, 0.15) is 0 Å². The fraction of sp³-hybridized carbons (Fsp3) is 0.368. The number of hydrogen-bond donors (Lipinski definition) is 1. The minimum absolute atomic E-state index is 0.109. The number of hydrogen-bond acceptors (Lipinski definition) is 4. The maximum absolute atomic E-state index is 12.5. The van der Waals surface area contributed by atoms with Crippen molar-refractivity contribution in [2.45, 2.75) is 31.9 Å². The Morgan fingerprint density at radius 2 is 1.78 bits per heavy atom. The van der Waals surface area contributed by atoms with Crippen molar-refractivity contribution in [2.75, 3.05) is 21.3 Å². The van der Waals surface area contributed by atoms with E-state index in [0.717, 1.165) is 18.4 Å². The molecule has 8 heteroatoms. The quantitative estimate of drug-likeness (QED) is 0.763. The van der Waals surface area contributed by atoms with E-state index in [1.807, 2.05) is 13.0 Å². The molecule has 0 spiro atoms. The third-order valence-electron chi connectivity index (χ3n) is 4.43. The summed E-state index contributed by atoms with van der Waals surface area (Å²) in [4.78, 5) is 0. The van der Waals surface area contributed by atoms with Crippen molar-refractivity contribution in [3.63, 3.8) is 0 Å². The summed E-state index contributed by atoms with van der Waals surface area (Å²) in [6.07, 6.45) is 2.00. The summed E-state index contributed by atoms with van der Waals surface area (Å²) in [5, 5.41) is 0. The van der Waals surface area contributed by atoms with Crippen LogP contribution < -0.4 is 9.03 Å². The average molecular weight is 409 g/mol. The minimum atomic E-state index is -3.55. The van der Waals surface area contributed by atoms with E-state index in [0.29, 0.717) is 29.9 Å². The molecule has 0 atom stereocenters. The maximum Gasteiger partial charge on any atom is 0.236 e. The van der Waals surface area contributed by atoms with E-state index in [9.17, 15) is 16.8 Å². The Balaban J connectivity index is 1.82. The molecule has 146 valence electrons. The van der Waals surface area contributed by atoms with Crippen LogP contribution in [0.25, 0.3) is 0 Å². The van der Waals surface area contributed by atoms with E-state index in [4.69, 9.17) is 0 Å². The Morgan fingerprint density at radius 3 is 2.48 bits per heavy atom. The van der Waals surface area contributed by atoms with Crippen molar-refractivity contribution in [2.24, 2.45) is 0 Å². The molecular weight excluding hydrogens is 384 g/mol. The first-order valence-electron chi connectivity index (χ1n) is 8.98. The van der Waals surface area contributed by atoms with Crippen LogP contribution in [0.5, 0.6) is 0 Å². The number of nitrogens with zero attached hydrogens (tertiary/aromatic N) is 1. The summed E-state index contributed by atoms with van der Waals surface area (Å²) in [5.41, 5.74) is 2.67. The third kappa shape index (κ3) is 4.81. The van der Waals surface area contributed by atoms with Gasteiger partial charge in [0.25, 0.3) is 0 Å². The van der Waals surface area contributed by atoms with Gasteiger partial charge in [0.2, 0.25) is 20.0 Å². The van der Waals surface area contributed by atoms with Crippen LogP contribution in [0.3, 0.4) is 0 Å². The molecule has 0 aliphatic carbocycles. The number of aryl methyl sites for hydroxylation is 1. The predicted molar refractivity (Wildman–Crippen MR) is 109 cm³/mol. The molecule has 0 aromatic heterocycles. The SMILES string of the molecule is CCCS(=O)(=O)N1CCCc2cc(NS(=O)(=O)Cc3ccccc3)ccc21. The Labute approximate surface area is 161 Å². The maximum atomic E-state index is 12.5. The van der Waals surface area contributed by atoms with Crippen LogP contribution >= 0.6 is 0 Å². The van der Waals surface area contributed by atoms with Gasteiger partial charge >= 0.3 is 0 Å². The lowest BCUT2D eigenvalue weighted by Crippen LogP contribution is -2.37. The van der Waals surface area contributed by atoms with Crippen molar-refractivity contribution in [3.05, 3.63) is 59.7 Å². The summed E-state index contributed by atoms with van der Waals surface area (Å²) in [6, 6.07) is 14.0. The zero-order chi connectivity index (χ0) is 19.5. The summed E-state index contributed by atoms with van der Waals surface area (Å²) in [5.74, 6) is -0.000173. The van der Waals surface area contributed by atoms with Crippen LogP contribution in [-0.4, -0.2) is 29.1 Å². The van der Waals surface area contributed by atoms with Crippen LogP contribution in [0.15, 0.2) is 48.5 Å². The largest absolute Gasteiger partial charge is 0.283 e. The lowest BCUT2D eigenvalue weighted by molar-refractivity contribution is 0.585. The van der Waals surface area contributed by atoms with Gasteiger partial charge in [-0.3, -0.25) is 9.03 Å². The Kier molecular flexibility index (Phi) is 5.76. The summed E-state index contributed by atoms with van der Waals surface area (Å²) >= 11 is 0. The first-order valence-corrected chi connectivity index (χ1v) is 12.2. The van der Waals surface area contributed by atoms with E-state index in [1.54, 1.807) is 42.5 Å². The monoisotopic (exact) mass is 408 g/mol. The lowest BCUT2D eigenvalue weighted by atomic mass is 10.0. The van der Waals surface area contributed by atoms with Crippen molar-refractivity contribution >= 4 is 31.4 Å². The van der Waals surface area contributed by atoms with Crippen LogP contribution in [0.2, 0.25) is 0 Å². The molecule has 27 heavy (non-hydrogen) atoms. The molecule has 3 rings (SSSR count). The van der Waals surface area contributed by atoms with E-state index in [-0.39, 0.29) is 11.5 Å². The normalized spacial score (nSPS) is 14.6. The van der Waals surface area contributed by atoms with Crippen LogP contribution in [0.4, 0.5) is 11.4 Å². The van der Waals surface area contributed by atoms with Gasteiger partial charge in [-0.15, -0.1) is 0 Å². The third-order valence-corrected chi connectivity index (χ3v) is 7.66.